The molecule has 0 radical (unpaired) electrons. The number of para-hydroxylation sites is 1. The Morgan fingerprint density at radius 1 is 1.03 bits per heavy atom. The lowest BCUT2D eigenvalue weighted by molar-refractivity contribution is 0.0619. The normalized spacial score (nSPS) is 14.3. The Labute approximate surface area is 202 Å². The number of aryl methyl sites for hydroxylation is 2. The molecule has 4 aromatic rings. The highest BCUT2D eigenvalue weighted by Gasteiger charge is 2.21. The molecule has 1 atom stereocenters. The summed E-state index contributed by atoms with van der Waals surface area (Å²) in [5, 5.41) is 11.5. The minimum Gasteiger partial charge on any atom is -0.491 e. The number of ether oxygens (including phenoxy) is 1. The highest BCUT2D eigenvalue weighted by atomic mass is 32.1. The van der Waals surface area contributed by atoms with Crippen LogP contribution in [0, 0.1) is 0 Å². The number of hydrogen-bond acceptors (Lipinski definition) is 6. The molecule has 34 heavy (non-hydrogen) atoms. The van der Waals surface area contributed by atoms with Crippen LogP contribution in [0.1, 0.15) is 34.7 Å². The molecule has 2 aromatic heterocycles. The highest BCUT2D eigenvalue weighted by molar-refractivity contribution is 7.18. The van der Waals surface area contributed by atoms with E-state index in [4.69, 9.17) is 9.72 Å². The van der Waals surface area contributed by atoms with Gasteiger partial charge >= 0.3 is 0 Å². The molecule has 2 heterocycles. The number of aromatic nitrogens is 2. The van der Waals surface area contributed by atoms with Crippen molar-refractivity contribution in [1.29, 1.82) is 0 Å². The van der Waals surface area contributed by atoms with E-state index in [-0.39, 0.29) is 12.2 Å². The molecule has 0 saturated heterocycles. The molecule has 7 heteroatoms. The van der Waals surface area contributed by atoms with Crippen molar-refractivity contribution in [3.8, 4) is 5.75 Å². The summed E-state index contributed by atoms with van der Waals surface area (Å²) >= 11 is 1.66. The molecule has 2 aromatic carbocycles. The van der Waals surface area contributed by atoms with Crippen molar-refractivity contribution in [2.24, 2.45) is 0 Å². The van der Waals surface area contributed by atoms with Crippen molar-refractivity contribution < 1.29 is 9.84 Å². The van der Waals surface area contributed by atoms with Gasteiger partial charge in [-0.3, -0.25) is 9.69 Å². The Morgan fingerprint density at radius 3 is 2.56 bits per heavy atom. The largest absolute Gasteiger partial charge is 0.491 e. The van der Waals surface area contributed by atoms with Crippen LogP contribution in [-0.4, -0.2) is 39.2 Å². The Kier molecular flexibility index (Phi) is 7.04. The number of rotatable bonds is 9. The zero-order chi connectivity index (χ0) is 23.3. The summed E-state index contributed by atoms with van der Waals surface area (Å²) in [4.78, 5) is 25.1. The van der Waals surface area contributed by atoms with Gasteiger partial charge in [0.25, 0.3) is 5.56 Å². The minimum atomic E-state index is -0.687. The number of H-pyrrole nitrogens is 1. The first-order valence-electron chi connectivity index (χ1n) is 11.8. The van der Waals surface area contributed by atoms with Crippen LogP contribution in [0.4, 0.5) is 0 Å². The average Bonchev–Trinajstić information content (AvgIpc) is 3.23. The van der Waals surface area contributed by atoms with Gasteiger partial charge in [0.2, 0.25) is 0 Å². The van der Waals surface area contributed by atoms with E-state index in [9.17, 15) is 9.90 Å². The molecule has 0 saturated carbocycles. The standard InChI is InChI=1S/C27H29N3O3S/c31-20(18-33-21-11-5-2-6-12-21)16-30(15-19-9-3-1-4-10-19)17-24-28-26(32)25-22-13-7-8-14-23(22)34-27(25)29-24/h1-6,9-12,20,31H,7-8,13-18H2,(H,28,29,32). The third-order valence-corrected chi connectivity index (χ3v) is 7.34. The number of aromatic amines is 1. The predicted molar refractivity (Wildman–Crippen MR) is 135 cm³/mol. The van der Waals surface area contributed by atoms with Crippen LogP contribution >= 0.6 is 11.3 Å². The van der Waals surface area contributed by atoms with Gasteiger partial charge in [0.15, 0.2) is 0 Å². The molecule has 176 valence electrons. The Balaban J connectivity index is 1.34. The topological polar surface area (TPSA) is 78.5 Å². The third-order valence-electron chi connectivity index (χ3n) is 6.15. The van der Waals surface area contributed by atoms with Crippen LogP contribution in [-0.2, 0) is 25.9 Å². The van der Waals surface area contributed by atoms with Crippen LogP contribution in [0.3, 0.4) is 0 Å². The number of fused-ring (bicyclic) bond motifs is 3. The van der Waals surface area contributed by atoms with E-state index in [1.165, 1.54) is 16.9 Å². The first-order chi connectivity index (χ1) is 16.7. The summed E-state index contributed by atoms with van der Waals surface area (Å²) in [5.74, 6) is 1.36. The molecule has 0 amide bonds. The van der Waals surface area contributed by atoms with E-state index in [2.05, 4.69) is 22.0 Å². The van der Waals surface area contributed by atoms with Crippen molar-refractivity contribution in [3.05, 3.63) is 92.8 Å². The van der Waals surface area contributed by atoms with Crippen LogP contribution in [0.5, 0.6) is 5.75 Å². The van der Waals surface area contributed by atoms with E-state index in [0.29, 0.717) is 25.5 Å². The van der Waals surface area contributed by atoms with Crippen LogP contribution in [0.2, 0.25) is 0 Å². The molecule has 1 unspecified atom stereocenters. The van der Waals surface area contributed by atoms with Gasteiger partial charge in [-0.05, 0) is 48.9 Å². The lowest BCUT2D eigenvalue weighted by Gasteiger charge is -2.25. The number of nitrogens with one attached hydrogen (secondary N) is 1. The van der Waals surface area contributed by atoms with E-state index in [1.54, 1.807) is 11.3 Å². The zero-order valence-corrected chi connectivity index (χ0v) is 19.9. The smallest absolute Gasteiger partial charge is 0.259 e. The van der Waals surface area contributed by atoms with Gasteiger partial charge in [0.05, 0.1) is 11.9 Å². The molecular weight excluding hydrogens is 446 g/mol. The number of aliphatic hydroxyl groups is 1. The minimum absolute atomic E-state index is 0.0491. The van der Waals surface area contributed by atoms with Crippen LogP contribution in [0.25, 0.3) is 10.2 Å². The van der Waals surface area contributed by atoms with Gasteiger partial charge in [0, 0.05) is 18.0 Å². The molecule has 6 nitrogen and oxygen atoms in total. The van der Waals surface area contributed by atoms with Gasteiger partial charge in [-0.1, -0.05) is 48.5 Å². The second-order valence-corrected chi connectivity index (χ2v) is 9.92. The second kappa shape index (κ2) is 10.5. The van der Waals surface area contributed by atoms with Crippen molar-refractivity contribution in [2.45, 2.75) is 44.9 Å². The Morgan fingerprint density at radius 2 is 1.76 bits per heavy atom. The van der Waals surface area contributed by atoms with E-state index in [0.717, 1.165) is 40.8 Å². The summed E-state index contributed by atoms with van der Waals surface area (Å²) in [6.07, 6.45) is 3.63. The zero-order valence-electron chi connectivity index (χ0n) is 19.1. The number of nitrogens with zero attached hydrogens (tertiary/aromatic N) is 2. The predicted octanol–water partition coefficient (Wildman–Crippen LogP) is 4.31. The average molecular weight is 476 g/mol. The van der Waals surface area contributed by atoms with Gasteiger partial charge in [-0.15, -0.1) is 11.3 Å². The van der Waals surface area contributed by atoms with Crippen LogP contribution in [0.15, 0.2) is 65.5 Å². The number of benzene rings is 2. The molecule has 2 N–H and O–H groups in total. The fraction of sp³-hybridized carbons (Fsp3) is 0.333. The van der Waals surface area contributed by atoms with Crippen molar-refractivity contribution in [2.75, 3.05) is 13.2 Å². The molecule has 0 aliphatic heterocycles. The van der Waals surface area contributed by atoms with Gasteiger partial charge in [0.1, 0.15) is 29.1 Å². The molecule has 1 aliphatic rings. The fourth-order valence-electron chi connectivity index (χ4n) is 4.58. The molecule has 0 fully saturated rings. The fourth-order valence-corrected chi connectivity index (χ4v) is 5.86. The van der Waals surface area contributed by atoms with E-state index < -0.39 is 6.10 Å². The maximum Gasteiger partial charge on any atom is 0.259 e. The van der Waals surface area contributed by atoms with Crippen molar-refractivity contribution >= 4 is 21.6 Å². The summed E-state index contributed by atoms with van der Waals surface area (Å²) in [5.41, 5.74) is 2.28. The summed E-state index contributed by atoms with van der Waals surface area (Å²) in [6.45, 7) is 1.65. The third kappa shape index (κ3) is 5.38. The number of hydrogen-bond donors (Lipinski definition) is 2. The Bertz CT molecular complexity index is 1290. The monoisotopic (exact) mass is 475 g/mol. The van der Waals surface area contributed by atoms with Crippen molar-refractivity contribution in [1.82, 2.24) is 14.9 Å². The van der Waals surface area contributed by atoms with Crippen molar-refractivity contribution in [3.63, 3.8) is 0 Å². The summed E-state index contributed by atoms with van der Waals surface area (Å²) in [6, 6.07) is 19.6. The first kappa shape index (κ1) is 22.8. The molecule has 0 bridgehead atoms. The van der Waals surface area contributed by atoms with Crippen LogP contribution < -0.4 is 10.3 Å². The lowest BCUT2D eigenvalue weighted by Crippen LogP contribution is -2.35. The SMILES string of the molecule is O=c1[nH]c(CN(Cc2ccccc2)CC(O)COc2ccccc2)nc2sc3c(c12)CCCC3. The molecule has 5 rings (SSSR count). The number of aliphatic hydroxyl groups excluding tert-OH is 1. The molecular formula is C27H29N3O3S. The lowest BCUT2D eigenvalue weighted by atomic mass is 9.97. The van der Waals surface area contributed by atoms with E-state index in [1.807, 2.05) is 48.5 Å². The second-order valence-electron chi connectivity index (χ2n) is 8.84. The summed E-state index contributed by atoms with van der Waals surface area (Å²) in [7, 11) is 0. The number of thiophene rings is 1. The highest BCUT2D eigenvalue weighted by Crippen LogP contribution is 2.33. The first-order valence-corrected chi connectivity index (χ1v) is 12.6. The maximum absolute atomic E-state index is 13.0. The van der Waals surface area contributed by atoms with Gasteiger partial charge in [-0.25, -0.2) is 4.98 Å². The van der Waals surface area contributed by atoms with Gasteiger partial charge < -0.3 is 14.8 Å². The summed E-state index contributed by atoms with van der Waals surface area (Å²) < 4.78 is 5.74. The molecule has 0 spiro atoms. The maximum atomic E-state index is 13.0. The Hall–Kier alpha value is -3.00. The van der Waals surface area contributed by atoms with Gasteiger partial charge in [-0.2, -0.15) is 0 Å². The quantitative estimate of drug-likeness (QED) is 0.377. The van der Waals surface area contributed by atoms with E-state index >= 15 is 0 Å². The molecule has 1 aliphatic carbocycles.